The quantitative estimate of drug-likeness (QED) is 0.775. The van der Waals surface area contributed by atoms with Crippen molar-refractivity contribution in [3.8, 4) is 0 Å². The Kier molecular flexibility index (Phi) is 3.80. The van der Waals surface area contributed by atoms with Gasteiger partial charge in [0.1, 0.15) is 0 Å². The van der Waals surface area contributed by atoms with E-state index >= 15 is 0 Å². The zero-order valence-corrected chi connectivity index (χ0v) is 13.3. The lowest BCUT2D eigenvalue weighted by Crippen LogP contribution is -2.26. The number of fused-ring (bicyclic) bond motifs is 1. The number of nitrogens with zero attached hydrogens (tertiary/aromatic N) is 3. The van der Waals surface area contributed by atoms with Gasteiger partial charge in [-0.3, -0.25) is 10.1 Å². The number of hydrogen-bond donors (Lipinski definition) is 2. The van der Waals surface area contributed by atoms with Crippen LogP contribution in [-0.4, -0.2) is 33.6 Å². The van der Waals surface area contributed by atoms with Crippen LogP contribution in [0.2, 0.25) is 0 Å². The molecule has 0 saturated carbocycles. The van der Waals surface area contributed by atoms with Crippen molar-refractivity contribution in [1.29, 1.82) is 0 Å². The molecular weight excluding hydrogens is 310 g/mol. The van der Waals surface area contributed by atoms with E-state index in [1.807, 2.05) is 30.6 Å². The fourth-order valence-corrected chi connectivity index (χ4v) is 3.89. The van der Waals surface area contributed by atoms with Gasteiger partial charge in [0.05, 0.1) is 17.3 Å². The van der Waals surface area contributed by atoms with E-state index in [0.717, 1.165) is 31.4 Å². The number of aromatic nitrogens is 3. The topological polar surface area (TPSA) is 71.3 Å². The van der Waals surface area contributed by atoms with Crippen LogP contribution in [0.25, 0.3) is 5.52 Å². The highest BCUT2D eigenvalue weighted by molar-refractivity contribution is 7.15. The van der Waals surface area contributed by atoms with Crippen molar-refractivity contribution in [2.75, 3.05) is 18.4 Å². The second kappa shape index (κ2) is 6.10. The predicted octanol–water partition coefficient (Wildman–Crippen LogP) is 2.51. The molecule has 0 unspecified atom stereocenters. The number of thiazole rings is 1. The highest BCUT2D eigenvalue weighted by Crippen LogP contribution is 2.31. The SMILES string of the molecule is O=C(Nc1ncc(C2CCNCC2)s1)c1cnn2ccccc12. The molecule has 3 aromatic rings. The molecule has 3 aromatic heterocycles. The molecule has 0 aliphatic carbocycles. The van der Waals surface area contributed by atoms with Crippen LogP contribution in [0.3, 0.4) is 0 Å². The van der Waals surface area contributed by atoms with Crippen molar-refractivity contribution in [3.05, 3.63) is 47.2 Å². The summed E-state index contributed by atoms with van der Waals surface area (Å²) in [4.78, 5) is 18.1. The summed E-state index contributed by atoms with van der Waals surface area (Å²) in [6, 6.07) is 5.66. The summed E-state index contributed by atoms with van der Waals surface area (Å²) in [6.45, 7) is 2.10. The third kappa shape index (κ3) is 2.85. The molecule has 23 heavy (non-hydrogen) atoms. The van der Waals surface area contributed by atoms with Crippen molar-refractivity contribution in [1.82, 2.24) is 19.9 Å². The van der Waals surface area contributed by atoms with Gasteiger partial charge >= 0.3 is 0 Å². The molecule has 0 aromatic carbocycles. The molecule has 4 heterocycles. The van der Waals surface area contributed by atoms with Crippen LogP contribution in [0, 0.1) is 0 Å². The highest BCUT2D eigenvalue weighted by Gasteiger charge is 2.19. The first kappa shape index (κ1) is 14.3. The first-order chi connectivity index (χ1) is 11.3. The molecule has 4 rings (SSSR count). The summed E-state index contributed by atoms with van der Waals surface area (Å²) in [5.74, 6) is 0.383. The van der Waals surface area contributed by atoms with Crippen LogP contribution >= 0.6 is 11.3 Å². The number of rotatable bonds is 3. The van der Waals surface area contributed by atoms with E-state index in [2.05, 4.69) is 20.7 Å². The van der Waals surface area contributed by atoms with Crippen LogP contribution in [0.1, 0.15) is 34.0 Å². The minimum Gasteiger partial charge on any atom is -0.317 e. The molecule has 0 atom stereocenters. The molecule has 6 nitrogen and oxygen atoms in total. The van der Waals surface area contributed by atoms with Gasteiger partial charge in [0.25, 0.3) is 5.91 Å². The summed E-state index contributed by atoms with van der Waals surface area (Å²) < 4.78 is 1.69. The average molecular weight is 327 g/mol. The number of anilines is 1. The van der Waals surface area contributed by atoms with E-state index in [1.54, 1.807) is 22.0 Å². The molecule has 0 spiro atoms. The maximum atomic E-state index is 12.5. The maximum Gasteiger partial charge on any atom is 0.261 e. The first-order valence-electron chi connectivity index (χ1n) is 7.71. The van der Waals surface area contributed by atoms with E-state index < -0.39 is 0 Å². The fraction of sp³-hybridized carbons (Fsp3) is 0.312. The van der Waals surface area contributed by atoms with Gasteiger partial charge in [-0.1, -0.05) is 6.07 Å². The van der Waals surface area contributed by atoms with E-state index in [0.29, 0.717) is 16.6 Å². The normalized spacial score (nSPS) is 15.8. The van der Waals surface area contributed by atoms with E-state index in [9.17, 15) is 4.79 Å². The van der Waals surface area contributed by atoms with Crippen LogP contribution in [-0.2, 0) is 0 Å². The molecule has 0 radical (unpaired) electrons. The second-order valence-corrected chi connectivity index (χ2v) is 6.70. The van der Waals surface area contributed by atoms with Crippen LogP contribution < -0.4 is 10.6 Å². The Labute approximate surface area is 137 Å². The maximum absolute atomic E-state index is 12.5. The van der Waals surface area contributed by atoms with Gasteiger partial charge in [-0.2, -0.15) is 5.10 Å². The van der Waals surface area contributed by atoms with Crippen LogP contribution in [0.4, 0.5) is 5.13 Å². The first-order valence-corrected chi connectivity index (χ1v) is 8.53. The monoisotopic (exact) mass is 327 g/mol. The Bertz CT molecular complexity index is 834. The van der Waals surface area contributed by atoms with Gasteiger partial charge in [0.15, 0.2) is 5.13 Å². The Hall–Kier alpha value is -2.25. The second-order valence-electron chi connectivity index (χ2n) is 5.63. The zero-order valence-electron chi connectivity index (χ0n) is 12.5. The van der Waals surface area contributed by atoms with Crippen molar-refractivity contribution >= 4 is 27.9 Å². The lowest BCUT2D eigenvalue weighted by Gasteiger charge is -2.20. The molecule has 0 bridgehead atoms. The van der Waals surface area contributed by atoms with Gasteiger partial charge in [0, 0.05) is 17.3 Å². The molecule has 2 N–H and O–H groups in total. The highest BCUT2D eigenvalue weighted by atomic mass is 32.1. The van der Waals surface area contributed by atoms with Gasteiger partial charge in [-0.25, -0.2) is 9.50 Å². The van der Waals surface area contributed by atoms with Crippen molar-refractivity contribution in [2.45, 2.75) is 18.8 Å². The Balaban J connectivity index is 1.51. The lowest BCUT2D eigenvalue weighted by atomic mass is 9.97. The van der Waals surface area contributed by atoms with Crippen LogP contribution in [0.15, 0.2) is 36.8 Å². The summed E-state index contributed by atoms with van der Waals surface area (Å²) >= 11 is 1.57. The summed E-state index contributed by atoms with van der Waals surface area (Å²) in [5.41, 5.74) is 1.35. The fourth-order valence-electron chi connectivity index (χ4n) is 2.91. The van der Waals surface area contributed by atoms with Crippen molar-refractivity contribution in [2.24, 2.45) is 0 Å². The van der Waals surface area contributed by atoms with E-state index in [4.69, 9.17) is 0 Å². The number of nitrogens with one attached hydrogen (secondary N) is 2. The zero-order chi connectivity index (χ0) is 15.6. The minimum atomic E-state index is -0.169. The smallest absolute Gasteiger partial charge is 0.261 e. The van der Waals surface area contributed by atoms with Gasteiger partial charge in [0.2, 0.25) is 0 Å². The summed E-state index contributed by atoms with van der Waals surface area (Å²) in [6.07, 6.45) is 7.57. The molecule has 1 aliphatic heterocycles. The number of amides is 1. The molecular formula is C16H17N5OS. The van der Waals surface area contributed by atoms with Crippen molar-refractivity contribution in [3.63, 3.8) is 0 Å². The number of hydrogen-bond acceptors (Lipinski definition) is 5. The van der Waals surface area contributed by atoms with Gasteiger partial charge in [-0.05, 0) is 44.0 Å². The Morgan fingerprint density at radius 3 is 3.04 bits per heavy atom. The molecule has 118 valence electrons. The third-order valence-electron chi connectivity index (χ3n) is 4.16. The standard InChI is InChI=1S/C16H17N5OS/c22-15(12-9-19-21-8-2-1-3-13(12)21)20-16-18-10-14(23-16)11-4-6-17-7-5-11/h1-3,8-11,17H,4-7H2,(H,18,20,22). The van der Waals surface area contributed by atoms with E-state index in [-0.39, 0.29) is 5.91 Å². The summed E-state index contributed by atoms with van der Waals surface area (Å²) in [5, 5.41) is 11.1. The number of piperidine rings is 1. The molecule has 1 amide bonds. The van der Waals surface area contributed by atoms with Gasteiger partial charge < -0.3 is 5.32 Å². The summed E-state index contributed by atoms with van der Waals surface area (Å²) in [7, 11) is 0. The average Bonchev–Trinajstić information content (AvgIpc) is 3.22. The molecule has 1 fully saturated rings. The Morgan fingerprint density at radius 1 is 1.30 bits per heavy atom. The van der Waals surface area contributed by atoms with E-state index in [1.165, 1.54) is 4.88 Å². The Morgan fingerprint density at radius 2 is 2.17 bits per heavy atom. The minimum absolute atomic E-state index is 0.169. The molecule has 7 heteroatoms. The third-order valence-corrected chi connectivity index (χ3v) is 5.23. The molecule has 1 saturated heterocycles. The van der Waals surface area contributed by atoms with Crippen LogP contribution in [0.5, 0.6) is 0 Å². The largest absolute Gasteiger partial charge is 0.317 e. The predicted molar refractivity (Wildman–Crippen MR) is 90.1 cm³/mol. The van der Waals surface area contributed by atoms with Crippen molar-refractivity contribution < 1.29 is 4.79 Å². The number of carbonyl (C=O) groups excluding carboxylic acids is 1. The number of pyridine rings is 1. The van der Waals surface area contributed by atoms with Gasteiger partial charge in [-0.15, -0.1) is 11.3 Å². The molecule has 1 aliphatic rings. The number of carbonyl (C=O) groups is 1. The lowest BCUT2D eigenvalue weighted by molar-refractivity contribution is 0.102.